The molecule has 0 aromatic heterocycles. The van der Waals surface area contributed by atoms with Crippen LogP contribution in [0, 0.1) is 5.82 Å². The van der Waals surface area contributed by atoms with Gasteiger partial charge in [0.25, 0.3) is 0 Å². The summed E-state index contributed by atoms with van der Waals surface area (Å²) in [6, 6.07) is 3.22. The molecule has 1 aromatic rings. The van der Waals surface area contributed by atoms with Gasteiger partial charge in [0.2, 0.25) is 10.0 Å². The summed E-state index contributed by atoms with van der Waals surface area (Å²) in [5, 5.41) is -0.115. The van der Waals surface area contributed by atoms with Crippen LogP contribution in [0.15, 0.2) is 23.1 Å². The minimum atomic E-state index is -3.70. The largest absolute Gasteiger partial charge is 0.303 e. The third kappa shape index (κ3) is 4.72. The molecule has 1 rings (SSSR count). The molecule has 0 saturated heterocycles. The minimum absolute atomic E-state index is 0.102. The normalized spacial score (nSPS) is 12.1. The van der Waals surface area contributed by atoms with Crippen LogP contribution < -0.4 is 4.72 Å². The zero-order valence-corrected chi connectivity index (χ0v) is 12.6. The van der Waals surface area contributed by atoms with Crippen LogP contribution in [0.2, 0.25) is 5.02 Å². The van der Waals surface area contributed by atoms with E-state index in [2.05, 4.69) is 9.62 Å². The first-order valence-corrected chi connectivity index (χ1v) is 7.94. The third-order valence-electron chi connectivity index (χ3n) is 2.80. The number of likely N-dealkylation sites (N-methyl/N-ethyl adjacent to an activating group) is 1. The van der Waals surface area contributed by atoms with Gasteiger partial charge in [0.05, 0.1) is 5.02 Å². The van der Waals surface area contributed by atoms with E-state index >= 15 is 0 Å². The summed E-state index contributed by atoms with van der Waals surface area (Å²) < 4.78 is 39.3. The molecular weight excluding hydrogens is 291 g/mol. The number of hydrogen-bond acceptors (Lipinski definition) is 3. The van der Waals surface area contributed by atoms with Crippen molar-refractivity contribution in [1.29, 1.82) is 0 Å². The predicted molar refractivity (Wildman–Crippen MR) is 74.4 cm³/mol. The molecule has 0 fully saturated rings. The number of benzene rings is 1. The summed E-state index contributed by atoms with van der Waals surface area (Å²) in [6.07, 6.45) is 0. The van der Waals surface area contributed by atoms with Gasteiger partial charge in [-0.15, -0.1) is 0 Å². The Bertz CT molecular complexity index is 518. The molecule has 108 valence electrons. The van der Waals surface area contributed by atoms with Crippen LogP contribution in [-0.4, -0.2) is 39.5 Å². The number of halogens is 2. The van der Waals surface area contributed by atoms with E-state index in [9.17, 15) is 12.8 Å². The van der Waals surface area contributed by atoms with Gasteiger partial charge in [-0.1, -0.05) is 25.4 Å². The maximum atomic E-state index is 12.9. The van der Waals surface area contributed by atoms with Crippen molar-refractivity contribution < 1.29 is 12.8 Å². The van der Waals surface area contributed by atoms with Crippen LogP contribution in [0.3, 0.4) is 0 Å². The zero-order chi connectivity index (χ0) is 14.5. The fourth-order valence-electron chi connectivity index (χ4n) is 1.65. The van der Waals surface area contributed by atoms with E-state index in [4.69, 9.17) is 11.6 Å². The van der Waals surface area contributed by atoms with E-state index in [1.54, 1.807) is 0 Å². The number of hydrogen-bond donors (Lipinski definition) is 1. The number of nitrogens with one attached hydrogen (secondary N) is 1. The summed E-state index contributed by atoms with van der Waals surface area (Å²) in [5.41, 5.74) is 0. The van der Waals surface area contributed by atoms with Gasteiger partial charge in [-0.05, 0) is 31.3 Å². The Labute approximate surface area is 118 Å². The summed E-state index contributed by atoms with van der Waals surface area (Å²) in [5.74, 6) is -0.563. The van der Waals surface area contributed by atoms with Crippen molar-refractivity contribution in [3.05, 3.63) is 29.0 Å². The molecule has 0 aliphatic rings. The molecule has 0 aliphatic carbocycles. The Balaban J connectivity index is 2.71. The van der Waals surface area contributed by atoms with Gasteiger partial charge in [0, 0.05) is 13.1 Å². The molecular formula is C12H18ClFN2O2S. The average Bonchev–Trinajstić information content (AvgIpc) is 2.34. The van der Waals surface area contributed by atoms with Crippen LogP contribution in [-0.2, 0) is 10.0 Å². The molecule has 0 aliphatic heterocycles. The predicted octanol–water partition coefficient (Wildman–Crippen LogP) is 2.10. The van der Waals surface area contributed by atoms with Crippen LogP contribution in [0.25, 0.3) is 0 Å². The van der Waals surface area contributed by atoms with E-state index in [0.29, 0.717) is 6.54 Å². The first kappa shape index (κ1) is 16.4. The van der Waals surface area contributed by atoms with Crippen molar-refractivity contribution in [2.75, 3.05) is 26.2 Å². The minimum Gasteiger partial charge on any atom is -0.303 e. The maximum Gasteiger partial charge on any atom is 0.242 e. The SMILES string of the molecule is CCN(CC)CCNS(=O)(=O)c1ccc(F)cc1Cl. The number of sulfonamides is 1. The van der Waals surface area contributed by atoms with Gasteiger partial charge in [-0.25, -0.2) is 17.5 Å². The molecule has 4 nitrogen and oxygen atoms in total. The quantitative estimate of drug-likeness (QED) is 0.839. The van der Waals surface area contributed by atoms with Gasteiger partial charge in [0.15, 0.2) is 0 Å². The Hall–Kier alpha value is -0.690. The standard InChI is InChI=1S/C12H18ClFN2O2S/c1-3-16(4-2)8-7-15-19(17,18)12-6-5-10(14)9-11(12)13/h5-6,9,15H,3-4,7-8H2,1-2H3. The van der Waals surface area contributed by atoms with Crippen molar-refractivity contribution in [2.24, 2.45) is 0 Å². The van der Waals surface area contributed by atoms with Gasteiger partial charge >= 0.3 is 0 Å². The van der Waals surface area contributed by atoms with E-state index in [-0.39, 0.29) is 16.5 Å². The second-order valence-electron chi connectivity index (χ2n) is 4.00. The molecule has 1 aromatic carbocycles. The van der Waals surface area contributed by atoms with Gasteiger partial charge in [-0.3, -0.25) is 0 Å². The lowest BCUT2D eigenvalue weighted by Gasteiger charge is -2.18. The fraction of sp³-hybridized carbons (Fsp3) is 0.500. The number of nitrogens with zero attached hydrogens (tertiary/aromatic N) is 1. The van der Waals surface area contributed by atoms with Crippen LogP contribution in [0.4, 0.5) is 4.39 Å². The highest BCUT2D eigenvalue weighted by molar-refractivity contribution is 7.89. The van der Waals surface area contributed by atoms with E-state index < -0.39 is 15.8 Å². The molecule has 0 spiro atoms. The van der Waals surface area contributed by atoms with Gasteiger partial charge < -0.3 is 4.90 Å². The highest BCUT2D eigenvalue weighted by Gasteiger charge is 2.17. The summed E-state index contributed by atoms with van der Waals surface area (Å²) >= 11 is 5.74. The molecule has 19 heavy (non-hydrogen) atoms. The molecule has 0 atom stereocenters. The summed E-state index contributed by atoms with van der Waals surface area (Å²) in [6.45, 7) is 6.64. The Morgan fingerprint density at radius 2 is 1.95 bits per heavy atom. The fourth-order valence-corrected chi connectivity index (χ4v) is 3.20. The molecule has 0 unspecified atom stereocenters. The van der Waals surface area contributed by atoms with Crippen molar-refractivity contribution in [3.63, 3.8) is 0 Å². The van der Waals surface area contributed by atoms with Gasteiger partial charge in [0.1, 0.15) is 10.7 Å². The monoisotopic (exact) mass is 308 g/mol. The molecule has 0 bridgehead atoms. The molecule has 1 N–H and O–H groups in total. The third-order valence-corrected chi connectivity index (χ3v) is 4.74. The molecule has 0 saturated carbocycles. The summed E-state index contributed by atoms with van der Waals surface area (Å²) in [4.78, 5) is 1.99. The lowest BCUT2D eigenvalue weighted by atomic mass is 10.3. The highest BCUT2D eigenvalue weighted by atomic mass is 35.5. The molecule has 0 heterocycles. The Morgan fingerprint density at radius 3 is 2.47 bits per heavy atom. The molecule has 0 amide bonds. The smallest absolute Gasteiger partial charge is 0.242 e. The lowest BCUT2D eigenvalue weighted by molar-refractivity contribution is 0.309. The van der Waals surface area contributed by atoms with Crippen LogP contribution in [0.5, 0.6) is 0 Å². The van der Waals surface area contributed by atoms with E-state index in [1.165, 1.54) is 0 Å². The number of rotatable bonds is 7. The van der Waals surface area contributed by atoms with Crippen molar-refractivity contribution >= 4 is 21.6 Å². The van der Waals surface area contributed by atoms with Crippen molar-refractivity contribution in [1.82, 2.24) is 9.62 Å². The van der Waals surface area contributed by atoms with Crippen molar-refractivity contribution in [3.8, 4) is 0 Å². The Morgan fingerprint density at radius 1 is 1.32 bits per heavy atom. The second-order valence-corrected chi connectivity index (χ2v) is 6.14. The summed E-state index contributed by atoms with van der Waals surface area (Å²) in [7, 11) is -3.70. The lowest BCUT2D eigenvalue weighted by Crippen LogP contribution is -2.34. The van der Waals surface area contributed by atoms with Crippen LogP contribution >= 0.6 is 11.6 Å². The highest BCUT2D eigenvalue weighted by Crippen LogP contribution is 2.21. The van der Waals surface area contributed by atoms with Crippen molar-refractivity contribution in [2.45, 2.75) is 18.7 Å². The zero-order valence-electron chi connectivity index (χ0n) is 11.0. The molecule has 0 radical (unpaired) electrons. The first-order chi connectivity index (χ1) is 8.90. The Kier molecular flexibility index (Phi) is 6.19. The van der Waals surface area contributed by atoms with E-state index in [1.807, 2.05) is 13.8 Å². The van der Waals surface area contributed by atoms with E-state index in [0.717, 1.165) is 31.3 Å². The second kappa shape index (κ2) is 7.19. The topological polar surface area (TPSA) is 49.4 Å². The average molecular weight is 309 g/mol. The maximum absolute atomic E-state index is 12.9. The van der Waals surface area contributed by atoms with Gasteiger partial charge in [-0.2, -0.15) is 0 Å². The van der Waals surface area contributed by atoms with Crippen LogP contribution in [0.1, 0.15) is 13.8 Å². The molecule has 7 heteroatoms. The first-order valence-electron chi connectivity index (χ1n) is 6.07.